The first kappa shape index (κ1) is 27.4. The lowest BCUT2D eigenvalue weighted by Gasteiger charge is -2.18. The fraction of sp³-hybridized carbons (Fsp3) is 0.111. The van der Waals surface area contributed by atoms with Crippen molar-refractivity contribution < 1.29 is 0 Å². The molecule has 9 aromatic rings. The van der Waals surface area contributed by atoms with Gasteiger partial charge in [0.25, 0.3) is 0 Å². The summed E-state index contributed by atoms with van der Waals surface area (Å²) in [6.07, 6.45) is 6.42. The Kier molecular flexibility index (Phi) is 6.36. The molecule has 0 nitrogen and oxygen atoms in total. The molecule has 0 spiro atoms. The van der Waals surface area contributed by atoms with E-state index < -0.39 is 0 Å². The molecular weight excluding hydrogens is 540 g/mol. The van der Waals surface area contributed by atoms with Gasteiger partial charge in [-0.15, -0.1) is 0 Å². The maximum absolute atomic E-state index is 4.19. The van der Waals surface area contributed by atoms with Crippen molar-refractivity contribution in [3.05, 3.63) is 143 Å². The second-order valence-electron chi connectivity index (χ2n) is 12.6. The van der Waals surface area contributed by atoms with Crippen LogP contribution >= 0.6 is 0 Å². The highest BCUT2D eigenvalue weighted by molar-refractivity contribution is 6.31. The molecule has 45 heavy (non-hydrogen) atoms. The third kappa shape index (κ3) is 3.99. The Labute approximate surface area is 263 Å². The van der Waals surface area contributed by atoms with E-state index >= 15 is 0 Å². The zero-order valence-corrected chi connectivity index (χ0v) is 26.4. The van der Waals surface area contributed by atoms with E-state index in [1.165, 1.54) is 97.0 Å². The molecule has 0 radical (unpaired) electrons. The maximum Gasteiger partial charge on any atom is -0.00201 e. The zero-order valence-electron chi connectivity index (χ0n) is 26.4. The second kappa shape index (κ2) is 10.5. The summed E-state index contributed by atoms with van der Waals surface area (Å²) in [6, 6.07) is 41.1. The van der Waals surface area contributed by atoms with Crippen molar-refractivity contribution in [3.8, 4) is 0 Å². The summed E-state index contributed by atoms with van der Waals surface area (Å²) in [6.45, 7) is 13.3. The molecule has 0 fully saturated rings. The van der Waals surface area contributed by atoms with E-state index in [2.05, 4.69) is 156 Å². The summed E-state index contributed by atoms with van der Waals surface area (Å²) < 4.78 is 0. The number of rotatable bonds is 2. The lowest BCUT2D eigenvalue weighted by atomic mass is 9.85. The molecule has 0 heterocycles. The molecule has 0 saturated heterocycles. The quantitative estimate of drug-likeness (QED) is 0.142. The van der Waals surface area contributed by atoms with E-state index in [1.54, 1.807) is 0 Å². The molecule has 216 valence electrons. The normalized spacial score (nSPS) is 13.0. The number of hydrogen-bond acceptors (Lipinski definition) is 0. The van der Waals surface area contributed by atoms with Crippen LogP contribution in [0.3, 0.4) is 0 Å². The Morgan fingerprint density at radius 3 is 1.58 bits per heavy atom. The average molecular weight is 577 g/mol. The molecule has 0 atom stereocenters. The number of benzene rings is 7. The third-order valence-corrected chi connectivity index (χ3v) is 9.89. The van der Waals surface area contributed by atoms with Gasteiger partial charge in [0.05, 0.1) is 0 Å². The van der Waals surface area contributed by atoms with Crippen LogP contribution in [0.25, 0.3) is 87.6 Å². The highest BCUT2D eigenvalue weighted by Crippen LogP contribution is 2.40. The highest BCUT2D eigenvalue weighted by Gasteiger charge is 2.16. The molecule has 9 aromatic carbocycles. The van der Waals surface area contributed by atoms with Crippen molar-refractivity contribution >= 4 is 87.6 Å². The van der Waals surface area contributed by atoms with Crippen molar-refractivity contribution in [1.82, 2.24) is 0 Å². The van der Waals surface area contributed by atoms with E-state index in [1.807, 2.05) is 6.08 Å². The SMILES string of the molecule is C=C/C=c1\c(=C/C)c2ccc3c(C)c(C(C)C)c4ccc(cc4c3c2)c2ccccc2c2c3ccccc3c1c1ccccc12. The molecule has 0 heteroatoms. The summed E-state index contributed by atoms with van der Waals surface area (Å²) in [5.74, 6) is 0.421. The van der Waals surface area contributed by atoms with Crippen molar-refractivity contribution in [2.24, 2.45) is 0 Å². The molecule has 0 aromatic heterocycles. The Hall–Kier alpha value is -5.20. The first-order valence-electron chi connectivity index (χ1n) is 16.0. The average Bonchev–Trinajstić information content (AvgIpc) is 3.06. The maximum atomic E-state index is 4.19. The van der Waals surface area contributed by atoms with Crippen LogP contribution in [0, 0.1) is 6.92 Å². The van der Waals surface area contributed by atoms with Crippen LogP contribution in [0.15, 0.2) is 122 Å². The Balaban J connectivity index is 1.86. The first-order chi connectivity index (χ1) is 22.0. The summed E-state index contributed by atoms with van der Waals surface area (Å²) >= 11 is 0. The molecule has 9 rings (SSSR count). The van der Waals surface area contributed by atoms with Gasteiger partial charge in [-0.05, 0) is 129 Å². The molecule has 0 unspecified atom stereocenters. The van der Waals surface area contributed by atoms with E-state index in [0.717, 1.165) is 0 Å². The lowest BCUT2D eigenvalue weighted by molar-refractivity contribution is 0.869. The smallest absolute Gasteiger partial charge is 0.00201 e. The van der Waals surface area contributed by atoms with Crippen LogP contribution in [0.2, 0.25) is 0 Å². The molecule has 0 aliphatic carbocycles. The Bertz CT molecular complexity index is 2640. The van der Waals surface area contributed by atoms with Crippen molar-refractivity contribution in [3.63, 3.8) is 0 Å². The van der Waals surface area contributed by atoms with Crippen LogP contribution in [-0.2, 0) is 0 Å². The lowest BCUT2D eigenvalue weighted by Crippen LogP contribution is -2.24. The van der Waals surface area contributed by atoms with Gasteiger partial charge in [-0.2, -0.15) is 0 Å². The number of fused-ring (bicyclic) bond motifs is 1. The predicted molar refractivity (Wildman–Crippen MR) is 201 cm³/mol. The summed E-state index contributed by atoms with van der Waals surface area (Å²) in [5, 5.41) is 20.2. The minimum Gasteiger partial charge on any atom is -0.0990 e. The van der Waals surface area contributed by atoms with Gasteiger partial charge >= 0.3 is 0 Å². The number of allylic oxidation sites excluding steroid dienone is 1. The van der Waals surface area contributed by atoms with E-state index in [0.29, 0.717) is 5.92 Å². The van der Waals surface area contributed by atoms with Crippen LogP contribution < -0.4 is 10.4 Å². The van der Waals surface area contributed by atoms with Gasteiger partial charge in [0.2, 0.25) is 0 Å². The topological polar surface area (TPSA) is 0 Å². The number of hydrogen-bond donors (Lipinski definition) is 0. The molecule has 6 bridgehead atoms. The summed E-state index contributed by atoms with van der Waals surface area (Å²) in [5.41, 5.74) is 2.82. The standard InChI is InChI=1S/C45H36/c1-6-14-34-31(7-2)29-21-23-32-28(5)43(27(3)4)40-24-22-30(26-42(40)41(32)25-29)33-15-8-9-16-35(33)45-38-19-12-10-17-36(38)44(34)37-18-11-13-20-39(37)45/h6-27H,1H2,2-5H3/b31-7-,34-14+. The highest BCUT2D eigenvalue weighted by atomic mass is 14.2. The van der Waals surface area contributed by atoms with Crippen LogP contribution in [-0.4, -0.2) is 0 Å². The first-order valence-corrected chi connectivity index (χ1v) is 16.0. The van der Waals surface area contributed by atoms with Crippen molar-refractivity contribution in [1.29, 1.82) is 0 Å². The van der Waals surface area contributed by atoms with Gasteiger partial charge in [-0.3, -0.25) is 0 Å². The van der Waals surface area contributed by atoms with Crippen LogP contribution in [0.4, 0.5) is 0 Å². The van der Waals surface area contributed by atoms with Gasteiger partial charge in [-0.25, -0.2) is 0 Å². The minimum atomic E-state index is 0.421. The Morgan fingerprint density at radius 1 is 0.511 bits per heavy atom. The summed E-state index contributed by atoms with van der Waals surface area (Å²) in [4.78, 5) is 0. The third-order valence-electron chi connectivity index (χ3n) is 9.89. The van der Waals surface area contributed by atoms with Gasteiger partial charge < -0.3 is 0 Å². The van der Waals surface area contributed by atoms with Crippen molar-refractivity contribution in [2.45, 2.75) is 33.6 Å². The molecule has 0 amide bonds. The zero-order chi connectivity index (χ0) is 30.8. The van der Waals surface area contributed by atoms with Gasteiger partial charge in [0.15, 0.2) is 0 Å². The Morgan fingerprint density at radius 2 is 1.00 bits per heavy atom. The molecule has 0 aliphatic heterocycles. The molecular formula is C45H36. The largest absolute Gasteiger partial charge is 0.0990 e. The van der Waals surface area contributed by atoms with Gasteiger partial charge in [0, 0.05) is 0 Å². The fourth-order valence-electron chi connectivity index (χ4n) is 8.09. The van der Waals surface area contributed by atoms with E-state index in [4.69, 9.17) is 0 Å². The second-order valence-corrected chi connectivity index (χ2v) is 12.6. The monoisotopic (exact) mass is 576 g/mol. The summed E-state index contributed by atoms with van der Waals surface area (Å²) in [7, 11) is 0. The van der Waals surface area contributed by atoms with Crippen LogP contribution in [0.5, 0.6) is 0 Å². The van der Waals surface area contributed by atoms with E-state index in [9.17, 15) is 0 Å². The number of aryl methyl sites for hydroxylation is 1. The van der Waals surface area contributed by atoms with E-state index in [-0.39, 0.29) is 0 Å². The predicted octanol–water partition coefficient (Wildman–Crippen LogP) is 11.5. The molecule has 0 saturated carbocycles. The fourth-order valence-corrected chi connectivity index (χ4v) is 8.09. The minimum absolute atomic E-state index is 0.421. The van der Waals surface area contributed by atoms with Crippen molar-refractivity contribution in [2.75, 3.05) is 0 Å². The molecule has 0 N–H and O–H groups in total. The van der Waals surface area contributed by atoms with Gasteiger partial charge in [0.1, 0.15) is 0 Å². The van der Waals surface area contributed by atoms with Gasteiger partial charge in [-0.1, -0.05) is 136 Å². The van der Waals surface area contributed by atoms with Crippen LogP contribution in [0.1, 0.15) is 37.8 Å². The molecule has 0 aliphatic rings.